The first-order chi connectivity index (χ1) is 6.16. The van der Waals surface area contributed by atoms with E-state index in [9.17, 15) is 0 Å². The number of rotatable bonds is 8. The van der Waals surface area contributed by atoms with Crippen LogP contribution < -0.4 is 17.2 Å². The first kappa shape index (κ1) is 12.9. The van der Waals surface area contributed by atoms with E-state index in [2.05, 4.69) is 6.92 Å². The summed E-state index contributed by atoms with van der Waals surface area (Å²) < 4.78 is 0. The Morgan fingerprint density at radius 2 is 1.38 bits per heavy atom. The van der Waals surface area contributed by atoms with Gasteiger partial charge in [0.05, 0.1) is 6.17 Å². The molecule has 0 aliphatic heterocycles. The highest BCUT2D eigenvalue weighted by Crippen LogP contribution is 2.07. The van der Waals surface area contributed by atoms with Crippen molar-refractivity contribution in [1.82, 2.24) is 0 Å². The Morgan fingerprint density at radius 3 is 1.92 bits per heavy atom. The topological polar surface area (TPSA) is 78.1 Å². The third kappa shape index (κ3) is 9.80. The maximum Gasteiger partial charge on any atom is 0.0520 e. The summed E-state index contributed by atoms with van der Waals surface area (Å²) in [6.07, 6.45) is 7.80. The molecule has 0 amide bonds. The van der Waals surface area contributed by atoms with Crippen LogP contribution in [0.15, 0.2) is 0 Å². The molecule has 3 heteroatoms. The summed E-state index contributed by atoms with van der Waals surface area (Å²) >= 11 is 0. The summed E-state index contributed by atoms with van der Waals surface area (Å²) in [7, 11) is 0. The van der Waals surface area contributed by atoms with Crippen molar-refractivity contribution in [3.05, 3.63) is 0 Å². The van der Waals surface area contributed by atoms with Gasteiger partial charge in [0.2, 0.25) is 0 Å². The quantitative estimate of drug-likeness (QED) is 0.396. The molecule has 0 aromatic rings. The Morgan fingerprint density at radius 1 is 0.846 bits per heavy atom. The minimum absolute atomic E-state index is 0.146. The smallest absolute Gasteiger partial charge is 0.0520 e. The maximum atomic E-state index is 5.91. The summed E-state index contributed by atoms with van der Waals surface area (Å²) in [5, 5.41) is 0. The van der Waals surface area contributed by atoms with Crippen molar-refractivity contribution in [3.63, 3.8) is 0 Å². The molecule has 0 saturated carbocycles. The molecule has 80 valence electrons. The summed E-state index contributed by atoms with van der Waals surface area (Å²) in [5.74, 6) is 0. The molecule has 0 heterocycles. The second-order valence-electron chi connectivity index (χ2n) is 3.85. The largest absolute Gasteiger partial charge is 0.328 e. The minimum Gasteiger partial charge on any atom is -0.328 e. The molecule has 13 heavy (non-hydrogen) atoms. The van der Waals surface area contributed by atoms with Gasteiger partial charge in [-0.05, 0) is 19.3 Å². The third-order valence-corrected chi connectivity index (χ3v) is 2.29. The predicted octanol–water partition coefficient (Wildman–Crippen LogP) is 1.31. The minimum atomic E-state index is -0.146. The summed E-state index contributed by atoms with van der Waals surface area (Å²) in [6, 6.07) is 0.383. The molecule has 1 unspecified atom stereocenters. The fraction of sp³-hybridized carbons (Fsp3) is 1.00. The molecule has 1 atom stereocenters. The van der Waals surface area contributed by atoms with Crippen LogP contribution in [0.5, 0.6) is 0 Å². The van der Waals surface area contributed by atoms with E-state index in [-0.39, 0.29) is 6.17 Å². The van der Waals surface area contributed by atoms with Crippen LogP contribution in [0.4, 0.5) is 0 Å². The number of nitrogens with two attached hydrogens (primary N) is 3. The summed E-state index contributed by atoms with van der Waals surface area (Å²) in [4.78, 5) is 0. The highest BCUT2D eigenvalue weighted by atomic mass is 14.8. The molecule has 3 nitrogen and oxygen atoms in total. The van der Waals surface area contributed by atoms with Crippen molar-refractivity contribution in [3.8, 4) is 0 Å². The van der Waals surface area contributed by atoms with Gasteiger partial charge in [-0.3, -0.25) is 0 Å². The lowest BCUT2D eigenvalue weighted by Crippen LogP contribution is -2.30. The number of unbranched alkanes of at least 4 members (excludes halogenated alkanes) is 2. The van der Waals surface area contributed by atoms with Gasteiger partial charge in [-0.1, -0.05) is 32.6 Å². The predicted molar refractivity (Wildman–Crippen MR) is 58.1 cm³/mol. The van der Waals surface area contributed by atoms with Gasteiger partial charge < -0.3 is 17.2 Å². The van der Waals surface area contributed by atoms with Crippen LogP contribution in [0.2, 0.25) is 0 Å². The van der Waals surface area contributed by atoms with Crippen molar-refractivity contribution in [2.45, 2.75) is 64.1 Å². The average Bonchev–Trinajstić information content (AvgIpc) is 2.08. The van der Waals surface area contributed by atoms with Gasteiger partial charge in [0.25, 0.3) is 0 Å². The molecule has 0 aromatic heterocycles. The highest BCUT2D eigenvalue weighted by Gasteiger charge is 2.01. The summed E-state index contributed by atoms with van der Waals surface area (Å²) in [6.45, 7) is 2.19. The van der Waals surface area contributed by atoms with Gasteiger partial charge in [-0.25, -0.2) is 0 Å². The second-order valence-corrected chi connectivity index (χ2v) is 3.85. The highest BCUT2D eigenvalue weighted by molar-refractivity contribution is 4.62. The first-order valence-corrected chi connectivity index (χ1v) is 5.43. The van der Waals surface area contributed by atoms with Gasteiger partial charge in [0.1, 0.15) is 0 Å². The normalized spacial score (nSPS) is 13.6. The van der Waals surface area contributed by atoms with Gasteiger partial charge in [-0.15, -0.1) is 0 Å². The maximum absolute atomic E-state index is 5.91. The molecule has 0 radical (unpaired) electrons. The van der Waals surface area contributed by atoms with Crippen LogP contribution in [0.25, 0.3) is 0 Å². The lowest BCUT2D eigenvalue weighted by Gasteiger charge is -2.10. The number of hydrogen-bond acceptors (Lipinski definition) is 3. The van der Waals surface area contributed by atoms with E-state index in [0.29, 0.717) is 6.04 Å². The van der Waals surface area contributed by atoms with Gasteiger partial charge in [-0.2, -0.15) is 0 Å². The lowest BCUT2D eigenvalue weighted by atomic mass is 10.0. The van der Waals surface area contributed by atoms with E-state index < -0.39 is 0 Å². The molecule has 0 aromatic carbocycles. The first-order valence-electron chi connectivity index (χ1n) is 5.43. The molecule has 0 aliphatic carbocycles. The monoisotopic (exact) mass is 187 g/mol. The Bertz CT molecular complexity index is 104. The van der Waals surface area contributed by atoms with E-state index in [0.717, 1.165) is 32.1 Å². The fourth-order valence-electron chi connectivity index (χ4n) is 1.40. The fourth-order valence-corrected chi connectivity index (χ4v) is 1.40. The molecule has 0 fully saturated rings. The van der Waals surface area contributed by atoms with E-state index >= 15 is 0 Å². The van der Waals surface area contributed by atoms with E-state index in [1.54, 1.807) is 0 Å². The van der Waals surface area contributed by atoms with Crippen molar-refractivity contribution < 1.29 is 0 Å². The Balaban J connectivity index is 3.12. The van der Waals surface area contributed by atoms with Crippen LogP contribution >= 0.6 is 0 Å². The van der Waals surface area contributed by atoms with Crippen LogP contribution in [-0.2, 0) is 0 Å². The Hall–Kier alpha value is -0.120. The zero-order valence-corrected chi connectivity index (χ0v) is 8.84. The molecule has 0 spiro atoms. The third-order valence-electron chi connectivity index (χ3n) is 2.29. The standard InChI is InChI=1S/C10H25N3/c1-2-3-6-9(11)7-4-5-8-10(12)13/h9-10H,2-8,11-13H2,1H3. The second kappa shape index (κ2) is 8.48. The van der Waals surface area contributed by atoms with E-state index in [4.69, 9.17) is 17.2 Å². The van der Waals surface area contributed by atoms with Crippen LogP contribution in [0.1, 0.15) is 51.9 Å². The van der Waals surface area contributed by atoms with Crippen LogP contribution in [-0.4, -0.2) is 12.2 Å². The van der Waals surface area contributed by atoms with Crippen LogP contribution in [0.3, 0.4) is 0 Å². The van der Waals surface area contributed by atoms with Crippen molar-refractivity contribution in [1.29, 1.82) is 0 Å². The van der Waals surface area contributed by atoms with Crippen molar-refractivity contribution in [2.75, 3.05) is 0 Å². The molecule has 0 saturated heterocycles. The zero-order valence-electron chi connectivity index (χ0n) is 8.84. The van der Waals surface area contributed by atoms with Gasteiger partial charge in [0, 0.05) is 6.04 Å². The molecular weight excluding hydrogens is 162 g/mol. The summed E-state index contributed by atoms with van der Waals surface area (Å²) in [5.41, 5.74) is 16.8. The van der Waals surface area contributed by atoms with Gasteiger partial charge in [0.15, 0.2) is 0 Å². The SMILES string of the molecule is CCCCC(N)CCCCC(N)N. The molecule has 0 bridgehead atoms. The Kier molecular flexibility index (Phi) is 8.40. The molecule has 6 N–H and O–H groups in total. The van der Waals surface area contributed by atoms with Crippen molar-refractivity contribution >= 4 is 0 Å². The van der Waals surface area contributed by atoms with Crippen LogP contribution in [0, 0.1) is 0 Å². The van der Waals surface area contributed by atoms with Crippen molar-refractivity contribution in [2.24, 2.45) is 17.2 Å². The van der Waals surface area contributed by atoms with Gasteiger partial charge >= 0.3 is 0 Å². The molecule has 0 rings (SSSR count). The average molecular weight is 187 g/mol. The van der Waals surface area contributed by atoms with E-state index in [1.807, 2.05) is 0 Å². The zero-order chi connectivity index (χ0) is 10.1. The van der Waals surface area contributed by atoms with E-state index in [1.165, 1.54) is 12.8 Å². The molecular formula is C10H25N3. The Labute approximate surface area is 82.0 Å². The lowest BCUT2D eigenvalue weighted by molar-refractivity contribution is 0.490. The molecule has 0 aliphatic rings. The number of hydrogen-bond donors (Lipinski definition) is 3.